The predicted octanol–water partition coefficient (Wildman–Crippen LogP) is 5.43. The van der Waals surface area contributed by atoms with Gasteiger partial charge in [0.05, 0.1) is 22.9 Å². The highest BCUT2D eigenvalue weighted by Crippen LogP contribution is 2.29. The number of thiazole rings is 1. The predicted molar refractivity (Wildman–Crippen MR) is 91.8 cm³/mol. The zero-order chi connectivity index (χ0) is 14.9. The van der Waals surface area contributed by atoms with Gasteiger partial charge in [0, 0.05) is 15.3 Å². The minimum Gasteiger partial charge on any atom is -0.378 e. The Kier molecular flexibility index (Phi) is 4.55. The van der Waals surface area contributed by atoms with Gasteiger partial charge in [-0.1, -0.05) is 26.8 Å². The highest BCUT2D eigenvalue weighted by Gasteiger charge is 2.18. The summed E-state index contributed by atoms with van der Waals surface area (Å²) < 4.78 is 1.11. The Hall–Kier alpha value is -0.870. The van der Waals surface area contributed by atoms with E-state index in [-0.39, 0.29) is 5.41 Å². The monoisotopic (exact) mass is 352 g/mol. The number of halogens is 1. The van der Waals surface area contributed by atoms with E-state index >= 15 is 0 Å². The lowest BCUT2D eigenvalue weighted by Crippen LogP contribution is -2.11. The Bertz CT molecular complexity index is 588. The fourth-order valence-electron chi connectivity index (χ4n) is 2.05. The van der Waals surface area contributed by atoms with Crippen LogP contribution >= 0.6 is 27.3 Å². The van der Waals surface area contributed by atoms with Gasteiger partial charge in [-0.3, -0.25) is 0 Å². The molecule has 0 atom stereocenters. The third kappa shape index (κ3) is 3.61. The molecule has 0 aliphatic carbocycles. The Morgan fingerprint density at radius 1 is 1.25 bits per heavy atom. The maximum absolute atomic E-state index is 4.71. The molecule has 108 valence electrons. The first-order chi connectivity index (χ1) is 9.27. The SMILES string of the molecule is Cc1cc(C)c(NCc2csc(C(C)(C)C)n2)c(Br)c1. The summed E-state index contributed by atoms with van der Waals surface area (Å²) in [6.45, 7) is 11.6. The summed E-state index contributed by atoms with van der Waals surface area (Å²) in [5.74, 6) is 0. The molecule has 0 aliphatic rings. The van der Waals surface area contributed by atoms with Crippen LogP contribution < -0.4 is 5.32 Å². The highest BCUT2D eigenvalue weighted by molar-refractivity contribution is 9.10. The van der Waals surface area contributed by atoms with Gasteiger partial charge in [0.15, 0.2) is 0 Å². The molecule has 1 N–H and O–H groups in total. The van der Waals surface area contributed by atoms with Crippen LogP contribution in [0.4, 0.5) is 5.69 Å². The van der Waals surface area contributed by atoms with Crippen LogP contribution in [0.15, 0.2) is 22.0 Å². The molecule has 1 heterocycles. The smallest absolute Gasteiger partial charge is 0.0982 e. The molecular formula is C16H21BrN2S. The van der Waals surface area contributed by atoms with Crippen molar-refractivity contribution in [3.05, 3.63) is 43.8 Å². The highest BCUT2D eigenvalue weighted by atomic mass is 79.9. The van der Waals surface area contributed by atoms with Crippen LogP contribution in [0.1, 0.15) is 42.6 Å². The summed E-state index contributed by atoms with van der Waals surface area (Å²) in [5.41, 5.74) is 4.91. The van der Waals surface area contributed by atoms with Crippen molar-refractivity contribution in [2.75, 3.05) is 5.32 Å². The molecule has 0 radical (unpaired) electrons. The summed E-state index contributed by atoms with van der Waals surface area (Å²) >= 11 is 5.37. The largest absolute Gasteiger partial charge is 0.378 e. The van der Waals surface area contributed by atoms with Crippen molar-refractivity contribution >= 4 is 33.0 Å². The van der Waals surface area contributed by atoms with E-state index < -0.39 is 0 Å². The number of hydrogen-bond donors (Lipinski definition) is 1. The molecule has 4 heteroatoms. The van der Waals surface area contributed by atoms with Crippen molar-refractivity contribution in [1.82, 2.24) is 4.98 Å². The number of rotatable bonds is 3. The number of aromatic nitrogens is 1. The molecule has 0 bridgehead atoms. The topological polar surface area (TPSA) is 24.9 Å². The fraction of sp³-hybridized carbons (Fsp3) is 0.438. The van der Waals surface area contributed by atoms with E-state index in [0.29, 0.717) is 0 Å². The van der Waals surface area contributed by atoms with Gasteiger partial charge in [0.25, 0.3) is 0 Å². The van der Waals surface area contributed by atoms with Crippen LogP contribution in [0.25, 0.3) is 0 Å². The molecule has 20 heavy (non-hydrogen) atoms. The first-order valence-corrected chi connectivity index (χ1v) is 8.40. The molecule has 0 unspecified atom stereocenters. The van der Waals surface area contributed by atoms with E-state index in [2.05, 4.69) is 73.4 Å². The van der Waals surface area contributed by atoms with Crippen molar-refractivity contribution < 1.29 is 0 Å². The Morgan fingerprint density at radius 3 is 2.50 bits per heavy atom. The normalized spacial score (nSPS) is 11.7. The van der Waals surface area contributed by atoms with Gasteiger partial charge in [-0.2, -0.15) is 0 Å². The van der Waals surface area contributed by atoms with Crippen molar-refractivity contribution in [3.8, 4) is 0 Å². The molecule has 2 rings (SSSR count). The molecule has 0 fully saturated rings. The van der Waals surface area contributed by atoms with Crippen LogP contribution in [-0.4, -0.2) is 4.98 Å². The summed E-state index contributed by atoms with van der Waals surface area (Å²) in [6.07, 6.45) is 0. The van der Waals surface area contributed by atoms with Crippen LogP contribution in [-0.2, 0) is 12.0 Å². The molecular weight excluding hydrogens is 332 g/mol. The average Bonchev–Trinajstić information content (AvgIpc) is 2.75. The quantitative estimate of drug-likeness (QED) is 0.796. The second-order valence-electron chi connectivity index (χ2n) is 6.19. The standard InChI is InChI=1S/C16H21BrN2S/c1-10-6-11(2)14(13(17)7-10)18-8-12-9-20-15(19-12)16(3,4)5/h6-7,9,18H,8H2,1-5H3. The lowest BCUT2D eigenvalue weighted by Gasteiger charge is -2.14. The van der Waals surface area contributed by atoms with Crippen molar-refractivity contribution in [2.24, 2.45) is 0 Å². The number of benzene rings is 1. The van der Waals surface area contributed by atoms with E-state index in [1.165, 1.54) is 16.1 Å². The molecule has 2 aromatic rings. The Morgan fingerprint density at radius 2 is 1.95 bits per heavy atom. The van der Waals surface area contributed by atoms with Gasteiger partial charge in [0.1, 0.15) is 0 Å². The van der Waals surface area contributed by atoms with Gasteiger partial charge >= 0.3 is 0 Å². The fourth-order valence-corrected chi connectivity index (χ4v) is 3.77. The number of anilines is 1. The first-order valence-electron chi connectivity index (χ1n) is 6.73. The second-order valence-corrected chi connectivity index (χ2v) is 7.90. The van der Waals surface area contributed by atoms with E-state index in [9.17, 15) is 0 Å². The molecule has 0 aliphatic heterocycles. The molecule has 0 spiro atoms. The number of nitrogens with one attached hydrogen (secondary N) is 1. The zero-order valence-electron chi connectivity index (χ0n) is 12.7. The molecule has 0 saturated heterocycles. The van der Waals surface area contributed by atoms with Gasteiger partial charge in [0.2, 0.25) is 0 Å². The molecule has 0 saturated carbocycles. The van der Waals surface area contributed by atoms with Crippen LogP contribution in [0, 0.1) is 13.8 Å². The average molecular weight is 353 g/mol. The Balaban J connectivity index is 2.12. The second kappa shape index (κ2) is 5.86. The van der Waals surface area contributed by atoms with Gasteiger partial charge in [-0.25, -0.2) is 4.98 Å². The summed E-state index contributed by atoms with van der Waals surface area (Å²) in [4.78, 5) is 4.71. The maximum Gasteiger partial charge on any atom is 0.0982 e. The maximum atomic E-state index is 4.71. The number of nitrogens with zero attached hydrogens (tertiary/aromatic N) is 1. The van der Waals surface area contributed by atoms with E-state index in [1.54, 1.807) is 11.3 Å². The van der Waals surface area contributed by atoms with Crippen molar-refractivity contribution in [1.29, 1.82) is 0 Å². The molecule has 0 amide bonds. The Labute approximate surface area is 133 Å². The van der Waals surface area contributed by atoms with E-state index in [1.807, 2.05) is 0 Å². The first kappa shape index (κ1) is 15.5. The number of aryl methyl sites for hydroxylation is 2. The van der Waals surface area contributed by atoms with Crippen LogP contribution in [0.5, 0.6) is 0 Å². The minimum absolute atomic E-state index is 0.128. The van der Waals surface area contributed by atoms with E-state index in [4.69, 9.17) is 4.98 Å². The van der Waals surface area contributed by atoms with E-state index in [0.717, 1.165) is 22.4 Å². The summed E-state index contributed by atoms with van der Waals surface area (Å²) in [6, 6.07) is 4.33. The minimum atomic E-state index is 0.128. The third-order valence-corrected chi connectivity index (χ3v) is 5.01. The van der Waals surface area contributed by atoms with Crippen molar-refractivity contribution in [3.63, 3.8) is 0 Å². The van der Waals surface area contributed by atoms with Gasteiger partial charge < -0.3 is 5.32 Å². The van der Waals surface area contributed by atoms with Crippen LogP contribution in [0.3, 0.4) is 0 Å². The van der Waals surface area contributed by atoms with Gasteiger partial charge in [-0.05, 0) is 47.0 Å². The number of hydrogen-bond acceptors (Lipinski definition) is 3. The molecule has 2 nitrogen and oxygen atoms in total. The summed E-state index contributed by atoms with van der Waals surface area (Å²) in [5, 5.41) is 6.82. The lowest BCUT2D eigenvalue weighted by atomic mass is 9.98. The van der Waals surface area contributed by atoms with Crippen LogP contribution in [0.2, 0.25) is 0 Å². The molecule has 1 aromatic carbocycles. The molecule has 1 aromatic heterocycles. The van der Waals surface area contributed by atoms with Crippen molar-refractivity contribution in [2.45, 2.75) is 46.6 Å². The zero-order valence-corrected chi connectivity index (χ0v) is 15.1. The summed E-state index contributed by atoms with van der Waals surface area (Å²) in [7, 11) is 0. The lowest BCUT2D eigenvalue weighted by molar-refractivity contribution is 0.583. The third-order valence-electron chi connectivity index (χ3n) is 3.07. The van der Waals surface area contributed by atoms with Gasteiger partial charge in [-0.15, -0.1) is 11.3 Å².